The van der Waals surface area contributed by atoms with Crippen molar-refractivity contribution in [3.63, 3.8) is 0 Å². The summed E-state index contributed by atoms with van der Waals surface area (Å²) in [5.74, 6) is 0.999. The Hall–Kier alpha value is -4.00. The molecule has 0 spiro atoms. The van der Waals surface area contributed by atoms with Gasteiger partial charge in [0.1, 0.15) is 12.4 Å². The van der Waals surface area contributed by atoms with Crippen molar-refractivity contribution in [3.8, 4) is 17.2 Å². The van der Waals surface area contributed by atoms with Gasteiger partial charge in [-0.1, -0.05) is 36.4 Å². The summed E-state index contributed by atoms with van der Waals surface area (Å²) >= 11 is 0. The van der Waals surface area contributed by atoms with E-state index in [9.17, 15) is 9.59 Å². The second-order valence-electron chi connectivity index (χ2n) is 6.84. The molecule has 3 aromatic carbocycles. The first kappa shape index (κ1) is 20.3. The van der Waals surface area contributed by atoms with Crippen molar-refractivity contribution in [3.05, 3.63) is 89.5 Å². The summed E-state index contributed by atoms with van der Waals surface area (Å²) in [6, 6.07) is 21.8. The van der Waals surface area contributed by atoms with E-state index in [2.05, 4.69) is 5.32 Å². The summed E-state index contributed by atoms with van der Waals surface area (Å²) in [4.78, 5) is 24.2. The molecule has 1 N–H and O–H groups in total. The molecule has 0 saturated carbocycles. The van der Waals surface area contributed by atoms with Crippen LogP contribution in [-0.2, 0) is 22.7 Å². The second-order valence-corrected chi connectivity index (χ2v) is 6.84. The number of carbonyl (C=O) groups is 2. The van der Waals surface area contributed by atoms with E-state index in [0.717, 1.165) is 11.1 Å². The molecule has 1 heterocycles. The first-order valence-electron chi connectivity index (χ1n) is 9.76. The van der Waals surface area contributed by atoms with Crippen LogP contribution in [0.4, 0.5) is 0 Å². The van der Waals surface area contributed by atoms with Crippen LogP contribution < -0.4 is 19.5 Å². The molecule has 0 radical (unpaired) electrons. The lowest BCUT2D eigenvalue weighted by molar-refractivity contribution is -0.124. The first-order valence-corrected chi connectivity index (χ1v) is 9.76. The van der Waals surface area contributed by atoms with Gasteiger partial charge >= 0.3 is 5.97 Å². The highest BCUT2D eigenvalue weighted by Gasteiger charge is 2.14. The fourth-order valence-electron chi connectivity index (χ4n) is 2.95. The van der Waals surface area contributed by atoms with Crippen molar-refractivity contribution in [1.29, 1.82) is 0 Å². The number of amides is 1. The van der Waals surface area contributed by atoms with Crippen LogP contribution >= 0.6 is 0 Å². The molecule has 1 aliphatic heterocycles. The van der Waals surface area contributed by atoms with Crippen LogP contribution in [-0.4, -0.2) is 25.3 Å². The van der Waals surface area contributed by atoms with Gasteiger partial charge in [0.15, 0.2) is 18.1 Å². The Bertz CT molecular complexity index is 1050. The Labute approximate surface area is 179 Å². The number of hydrogen-bond donors (Lipinski definition) is 1. The normalized spacial score (nSPS) is 11.6. The lowest BCUT2D eigenvalue weighted by Gasteiger charge is -2.09. The van der Waals surface area contributed by atoms with Crippen LogP contribution in [0.3, 0.4) is 0 Å². The standard InChI is InChI=1S/C24H21NO6/c26-23(25-13-18-6-11-21-22(12-18)31-16-30-21)15-29-24(27)19-7-9-20(10-8-19)28-14-17-4-2-1-3-5-17/h1-12H,13-16H2,(H,25,26). The van der Waals surface area contributed by atoms with E-state index in [1.807, 2.05) is 36.4 Å². The molecule has 3 aromatic rings. The van der Waals surface area contributed by atoms with Gasteiger partial charge in [-0.2, -0.15) is 0 Å². The maximum absolute atomic E-state index is 12.2. The van der Waals surface area contributed by atoms with E-state index < -0.39 is 11.9 Å². The van der Waals surface area contributed by atoms with Crippen LogP contribution in [0.2, 0.25) is 0 Å². The van der Waals surface area contributed by atoms with Gasteiger partial charge in [0.05, 0.1) is 5.56 Å². The monoisotopic (exact) mass is 419 g/mol. The number of benzene rings is 3. The first-order chi connectivity index (χ1) is 15.2. The Balaban J connectivity index is 1.20. The molecule has 7 heteroatoms. The van der Waals surface area contributed by atoms with Crippen molar-refractivity contribution in [2.45, 2.75) is 13.2 Å². The molecule has 4 rings (SSSR count). The molecule has 0 bridgehead atoms. The van der Waals surface area contributed by atoms with Gasteiger partial charge in [-0.25, -0.2) is 4.79 Å². The van der Waals surface area contributed by atoms with E-state index in [-0.39, 0.29) is 13.4 Å². The molecule has 0 aliphatic carbocycles. The van der Waals surface area contributed by atoms with Gasteiger partial charge in [-0.3, -0.25) is 4.79 Å². The van der Waals surface area contributed by atoms with Gasteiger partial charge in [0.2, 0.25) is 6.79 Å². The zero-order valence-corrected chi connectivity index (χ0v) is 16.7. The third kappa shape index (κ3) is 5.54. The lowest BCUT2D eigenvalue weighted by Crippen LogP contribution is -2.28. The van der Waals surface area contributed by atoms with E-state index in [1.54, 1.807) is 36.4 Å². The predicted octanol–water partition coefficient (Wildman–Crippen LogP) is 3.47. The Kier molecular flexibility index (Phi) is 6.32. The summed E-state index contributed by atoms with van der Waals surface area (Å²) < 4.78 is 21.3. The smallest absolute Gasteiger partial charge is 0.338 e. The van der Waals surface area contributed by atoms with Crippen molar-refractivity contribution >= 4 is 11.9 Å². The minimum absolute atomic E-state index is 0.196. The third-order valence-electron chi connectivity index (χ3n) is 4.60. The van der Waals surface area contributed by atoms with Crippen LogP contribution in [0.1, 0.15) is 21.5 Å². The predicted molar refractivity (Wildman–Crippen MR) is 112 cm³/mol. The molecule has 0 aromatic heterocycles. The molecule has 0 atom stereocenters. The summed E-state index contributed by atoms with van der Waals surface area (Å²) in [5, 5.41) is 2.71. The topological polar surface area (TPSA) is 83.1 Å². The minimum Gasteiger partial charge on any atom is -0.489 e. The highest BCUT2D eigenvalue weighted by atomic mass is 16.7. The maximum atomic E-state index is 12.2. The lowest BCUT2D eigenvalue weighted by atomic mass is 10.2. The number of carbonyl (C=O) groups excluding carboxylic acids is 2. The molecular weight excluding hydrogens is 398 g/mol. The Morgan fingerprint density at radius 1 is 0.871 bits per heavy atom. The summed E-state index contributed by atoms with van der Waals surface area (Å²) in [6.45, 7) is 0.561. The SMILES string of the molecule is O=C(COC(=O)c1ccc(OCc2ccccc2)cc1)NCc1ccc2c(c1)OCO2. The fraction of sp³-hybridized carbons (Fsp3) is 0.167. The number of esters is 1. The molecule has 7 nitrogen and oxygen atoms in total. The quantitative estimate of drug-likeness (QED) is 0.563. The average Bonchev–Trinajstić information content (AvgIpc) is 3.29. The second kappa shape index (κ2) is 9.67. The fourth-order valence-corrected chi connectivity index (χ4v) is 2.95. The Morgan fingerprint density at radius 2 is 1.65 bits per heavy atom. The van der Waals surface area contributed by atoms with Crippen LogP contribution in [0.5, 0.6) is 17.2 Å². The number of ether oxygens (including phenoxy) is 4. The molecule has 0 unspecified atom stereocenters. The number of rotatable bonds is 8. The molecule has 158 valence electrons. The molecule has 0 fully saturated rings. The highest BCUT2D eigenvalue weighted by molar-refractivity contribution is 5.91. The van der Waals surface area contributed by atoms with E-state index in [0.29, 0.717) is 36.0 Å². The Morgan fingerprint density at radius 3 is 2.45 bits per heavy atom. The molecule has 1 aliphatic rings. The zero-order chi connectivity index (χ0) is 21.5. The van der Waals surface area contributed by atoms with Gasteiger partial charge in [-0.15, -0.1) is 0 Å². The van der Waals surface area contributed by atoms with Gasteiger partial charge in [-0.05, 0) is 47.5 Å². The van der Waals surface area contributed by atoms with Crippen LogP contribution in [0.15, 0.2) is 72.8 Å². The maximum Gasteiger partial charge on any atom is 0.338 e. The molecule has 0 saturated heterocycles. The number of hydrogen-bond acceptors (Lipinski definition) is 6. The number of nitrogens with one attached hydrogen (secondary N) is 1. The number of fused-ring (bicyclic) bond motifs is 1. The summed E-state index contributed by atoms with van der Waals surface area (Å²) in [5.41, 5.74) is 2.25. The third-order valence-corrected chi connectivity index (χ3v) is 4.60. The van der Waals surface area contributed by atoms with Crippen LogP contribution in [0, 0.1) is 0 Å². The van der Waals surface area contributed by atoms with Crippen molar-refractivity contribution in [1.82, 2.24) is 5.32 Å². The van der Waals surface area contributed by atoms with Gasteiger partial charge in [0, 0.05) is 6.54 Å². The average molecular weight is 419 g/mol. The van der Waals surface area contributed by atoms with Crippen molar-refractivity contribution in [2.75, 3.05) is 13.4 Å². The van der Waals surface area contributed by atoms with Gasteiger partial charge in [0.25, 0.3) is 5.91 Å². The van der Waals surface area contributed by atoms with E-state index >= 15 is 0 Å². The highest BCUT2D eigenvalue weighted by Crippen LogP contribution is 2.32. The van der Waals surface area contributed by atoms with Crippen molar-refractivity contribution < 1.29 is 28.5 Å². The summed E-state index contributed by atoms with van der Waals surface area (Å²) in [6.07, 6.45) is 0. The van der Waals surface area contributed by atoms with Crippen molar-refractivity contribution in [2.24, 2.45) is 0 Å². The zero-order valence-electron chi connectivity index (χ0n) is 16.7. The van der Waals surface area contributed by atoms with Crippen LogP contribution in [0.25, 0.3) is 0 Å². The van der Waals surface area contributed by atoms with Gasteiger partial charge < -0.3 is 24.3 Å². The minimum atomic E-state index is -0.576. The summed E-state index contributed by atoms with van der Waals surface area (Å²) in [7, 11) is 0. The molecule has 31 heavy (non-hydrogen) atoms. The molecule has 1 amide bonds. The van der Waals surface area contributed by atoms with E-state index in [1.165, 1.54) is 0 Å². The van der Waals surface area contributed by atoms with E-state index in [4.69, 9.17) is 18.9 Å². The molecular formula is C24H21NO6. The largest absolute Gasteiger partial charge is 0.489 e.